The summed E-state index contributed by atoms with van der Waals surface area (Å²) in [6, 6.07) is 12.3. The average Bonchev–Trinajstić information content (AvgIpc) is 2.65. The van der Waals surface area contributed by atoms with E-state index in [2.05, 4.69) is 18.5 Å². The number of anilines is 1. The lowest BCUT2D eigenvalue weighted by Crippen LogP contribution is -2.22. The van der Waals surface area contributed by atoms with Gasteiger partial charge in [0.25, 0.3) is 0 Å². The van der Waals surface area contributed by atoms with E-state index in [0.29, 0.717) is 46.9 Å². The molecule has 0 heterocycles. The van der Waals surface area contributed by atoms with Gasteiger partial charge in [0.1, 0.15) is 5.76 Å². The molecule has 0 radical (unpaired) electrons. The first-order chi connectivity index (χ1) is 12.5. The highest BCUT2D eigenvalue weighted by atomic mass is 16.5. The summed E-state index contributed by atoms with van der Waals surface area (Å²) < 4.78 is 5.48. The van der Waals surface area contributed by atoms with Gasteiger partial charge in [0, 0.05) is 28.9 Å². The van der Waals surface area contributed by atoms with E-state index in [1.165, 1.54) is 0 Å². The van der Waals surface area contributed by atoms with E-state index in [1.54, 1.807) is 36.4 Å². The third kappa shape index (κ3) is 3.31. The Kier molecular flexibility index (Phi) is 5.03. The largest absolute Gasteiger partial charge is 0.494 e. The number of hydrogen-bond acceptors (Lipinski definition) is 4. The van der Waals surface area contributed by atoms with E-state index in [-0.39, 0.29) is 11.6 Å². The standard InChI is InChI=1S/C22H21NO3/c1-14(2)15(3)26-13-7-12-23-19-11-6-10-18-20(19)22(25)17-9-5-4-8-16(17)21(18)24/h4-6,8-11,23H,1,3,7,12-13H2,2H3. The van der Waals surface area contributed by atoms with Crippen LogP contribution in [0.2, 0.25) is 0 Å². The highest BCUT2D eigenvalue weighted by Gasteiger charge is 2.31. The van der Waals surface area contributed by atoms with Gasteiger partial charge in [0.2, 0.25) is 0 Å². The molecule has 4 nitrogen and oxygen atoms in total. The Labute approximate surface area is 153 Å². The van der Waals surface area contributed by atoms with Crippen LogP contribution in [0.5, 0.6) is 0 Å². The van der Waals surface area contributed by atoms with E-state index in [9.17, 15) is 9.59 Å². The van der Waals surface area contributed by atoms with Crippen LogP contribution in [0.1, 0.15) is 45.2 Å². The molecule has 0 spiro atoms. The fourth-order valence-corrected chi connectivity index (χ4v) is 2.91. The topological polar surface area (TPSA) is 55.4 Å². The first-order valence-corrected chi connectivity index (χ1v) is 8.53. The molecule has 1 N–H and O–H groups in total. The predicted octanol–water partition coefficient (Wildman–Crippen LogP) is 4.37. The van der Waals surface area contributed by atoms with Gasteiger partial charge in [-0.25, -0.2) is 0 Å². The van der Waals surface area contributed by atoms with Crippen molar-refractivity contribution in [1.82, 2.24) is 0 Å². The van der Waals surface area contributed by atoms with Crippen LogP contribution >= 0.6 is 0 Å². The number of hydrogen-bond donors (Lipinski definition) is 1. The van der Waals surface area contributed by atoms with E-state index in [4.69, 9.17) is 4.74 Å². The maximum Gasteiger partial charge on any atom is 0.196 e. The number of benzene rings is 2. The fraction of sp³-hybridized carbons (Fsp3) is 0.182. The first kappa shape index (κ1) is 17.7. The van der Waals surface area contributed by atoms with Crippen molar-refractivity contribution in [3.05, 3.63) is 89.2 Å². The number of nitrogens with one attached hydrogen (secondary N) is 1. The number of allylic oxidation sites excluding steroid dienone is 1. The molecule has 0 saturated carbocycles. The molecular formula is C22H21NO3. The molecule has 0 bridgehead atoms. The Morgan fingerprint density at radius 3 is 2.31 bits per heavy atom. The van der Waals surface area contributed by atoms with Crippen LogP contribution in [0.3, 0.4) is 0 Å². The van der Waals surface area contributed by atoms with Crippen molar-refractivity contribution in [2.45, 2.75) is 13.3 Å². The van der Waals surface area contributed by atoms with Gasteiger partial charge in [-0.15, -0.1) is 0 Å². The van der Waals surface area contributed by atoms with Crippen LogP contribution < -0.4 is 5.32 Å². The molecule has 0 atom stereocenters. The Balaban J connectivity index is 1.73. The van der Waals surface area contributed by atoms with Crippen LogP contribution in [0, 0.1) is 0 Å². The van der Waals surface area contributed by atoms with Crippen molar-refractivity contribution in [2.24, 2.45) is 0 Å². The van der Waals surface area contributed by atoms with Crippen molar-refractivity contribution in [3.63, 3.8) is 0 Å². The first-order valence-electron chi connectivity index (χ1n) is 8.53. The van der Waals surface area contributed by atoms with Crippen LogP contribution in [-0.2, 0) is 4.74 Å². The van der Waals surface area contributed by atoms with Gasteiger partial charge in [0.15, 0.2) is 11.6 Å². The maximum absolute atomic E-state index is 12.9. The molecule has 0 unspecified atom stereocenters. The quantitative estimate of drug-likeness (QED) is 0.392. The van der Waals surface area contributed by atoms with Gasteiger partial charge in [-0.2, -0.15) is 0 Å². The molecule has 1 aliphatic carbocycles. The lowest BCUT2D eigenvalue weighted by Gasteiger charge is -2.20. The smallest absolute Gasteiger partial charge is 0.196 e. The van der Waals surface area contributed by atoms with Crippen LogP contribution in [0.4, 0.5) is 5.69 Å². The lowest BCUT2D eigenvalue weighted by atomic mass is 9.83. The lowest BCUT2D eigenvalue weighted by molar-refractivity contribution is 0.0979. The molecule has 4 heteroatoms. The van der Waals surface area contributed by atoms with Gasteiger partial charge >= 0.3 is 0 Å². The van der Waals surface area contributed by atoms with Crippen molar-refractivity contribution < 1.29 is 14.3 Å². The summed E-state index contributed by atoms with van der Waals surface area (Å²) in [5.41, 5.74) is 3.30. The molecule has 0 saturated heterocycles. The van der Waals surface area contributed by atoms with E-state index >= 15 is 0 Å². The summed E-state index contributed by atoms with van der Waals surface area (Å²) in [4.78, 5) is 25.6. The third-order valence-corrected chi connectivity index (χ3v) is 4.34. The SMILES string of the molecule is C=C(C)C(=C)OCCCNc1cccc2c1C(=O)c1ccccc1C2=O. The third-order valence-electron chi connectivity index (χ3n) is 4.34. The number of carbonyl (C=O) groups excluding carboxylic acids is 2. The highest BCUT2D eigenvalue weighted by molar-refractivity contribution is 6.30. The molecule has 0 aromatic heterocycles. The van der Waals surface area contributed by atoms with Crippen molar-refractivity contribution >= 4 is 17.3 Å². The molecule has 2 aromatic carbocycles. The molecule has 3 rings (SSSR count). The Bertz CT molecular complexity index is 911. The summed E-state index contributed by atoms with van der Waals surface area (Å²) in [6.45, 7) is 10.5. The zero-order valence-corrected chi connectivity index (χ0v) is 14.8. The van der Waals surface area contributed by atoms with Crippen molar-refractivity contribution in [2.75, 3.05) is 18.5 Å². The zero-order valence-electron chi connectivity index (χ0n) is 14.8. The monoisotopic (exact) mass is 347 g/mol. The summed E-state index contributed by atoms with van der Waals surface area (Å²) in [6.07, 6.45) is 0.731. The fourth-order valence-electron chi connectivity index (χ4n) is 2.91. The molecule has 26 heavy (non-hydrogen) atoms. The normalized spacial score (nSPS) is 12.2. The maximum atomic E-state index is 12.9. The van der Waals surface area contributed by atoms with Gasteiger partial charge < -0.3 is 10.1 Å². The van der Waals surface area contributed by atoms with Gasteiger partial charge in [-0.3, -0.25) is 9.59 Å². The van der Waals surface area contributed by atoms with Gasteiger partial charge in [-0.1, -0.05) is 49.6 Å². The van der Waals surface area contributed by atoms with Crippen molar-refractivity contribution in [1.29, 1.82) is 0 Å². The minimum atomic E-state index is -0.120. The van der Waals surface area contributed by atoms with Gasteiger partial charge in [0.05, 0.1) is 12.2 Å². The second kappa shape index (κ2) is 7.40. The minimum Gasteiger partial charge on any atom is -0.494 e. The Morgan fingerprint density at radius 1 is 0.962 bits per heavy atom. The summed E-state index contributed by atoms with van der Waals surface area (Å²) in [5, 5.41) is 3.25. The van der Waals surface area contributed by atoms with E-state index < -0.39 is 0 Å². The number of ether oxygens (including phenoxy) is 1. The number of fused-ring (bicyclic) bond motifs is 2. The second-order valence-electron chi connectivity index (χ2n) is 6.26. The summed E-state index contributed by atoms with van der Waals surface area (Å²) >= 11 is 0. The van der Waals surface area contributed by atoms with E-state index in [1.807, 2.05) is 13.0 Å². The molecule has 0 aliphatic heterocycles. The Hall–Kier alpha value is -3.14. The summed E-state index contributed by atoms with van der Waals surface area (Å²) in [5.74, 6) is 0.352. The number of ketones is 2. The molecule has 0 amide bonds. The van der Waals surface area contributed by atoms with Gasteiger partial charge in [-0.05, 0) is 25.0 Å². The molecular weight excluding hydrogens is 326 g/mol. The predicted molar refractivity (Wildman–Crippen MR) is 103 cm³/mol. The summed E-state index contributed by atoms with van der Waals surface area (Å²) in [7, 11) is 0. The highest BCUT2D eigenvalue weighted by Crippen LogP contribution is 2.31. The number of carbonyl (C=O) groups is 2. The molecule has 1 aliphatic rings. The molecule has 2 aromatic rings. The molecule has 0 fully saturated rings. The van der Waals surface area contributed by atoms with Crippen molar-refractivity contribution in [3.8, 4) is 0 Å². The van der Waals surface area contributed by atoms with Crippen LogP contribution in [-0.4, -0.2) is 24.7 Å². The molecule has 132 valence electrons. The Morgan fingerprint density at radius 2 is 1.62 bits per heavy atom. The number of rotatable bonds is 7. The average molecular weight is 347 g/mol. The van der Waals surface area contributed by atoms with Crippen LogP contribution in [0.25, 0.3) is 0 Å². The zero-order chi connectivity index (χ0) is 18.7. The minimum absolute atomic E-state index is 0.111. The van der Waals surface area contributed by atoms with E-state index in [0.717, 1.165) is 12.0 Å². The van der Waals surface area contributed by atoms with Crippen LogP contribution in [0.15, 0.2) is 67.0 Å². The second-order valence-corrected chi connectivity index (χ2v) is 6.26.